The molecule has 2 rings (SSSR count). The minimum absolute atomic E-state index is 0.628. The van der Waals surface area contributed by atoms with Gasteiger partial charge in [0.1, 0.15) is 0 Å². The minimum atomic E-state index is 0.628. The Labute approximate surface area is 135 Å². The third-order valence-corrected chi connectivity index (χ3v) is 3.14. The molecule has 4 nitrogen and oxygen atoms in total. The molecule has 0 aliphatic rings. The second-order valence-electron chi connectivity index (χ2n) is 4.61. The Hall–Kier alpha value is -2.20. The summed E-state index contributed by atoms with van der Waals surface area (Å²) < 4.78 is 11.1. The van der Waals surface area contributed by atoms with Gasteiger partial charge in [-0.3, -0.25) is 5.43 Å². The monoisotopic (exact) mass is 318 g/mol. The van der Waals surface area contributed by atoms with Crippen molar-refractivity contribution in [2.45, 2.75) is 13.3 Å². The highest BCUT2D eigenvalue weighted by atomic mass is 35.5. The zero-order valence-corrected chi connectivity index (χ0v) is 13.4. The summed E-state index contributed by atoms with van der Waals surface area (Å²) in [6.07, 6.45) is 2.63. The first-order chi connectivity index (χ1) is 10.7. The average molecular weight is 319 g/mol. The van der Waals surface area contributed by atoms with Gasteiger partial charge in [-0.1, -0.05) is 30.7 Å². The van der Waals surface area contributed by atoms with Crippen molar-refractivity contribution in [3.05, 3.63) is 53.1 Å². The van der Waals surface area contributed by atoms with Gasteiger partial charge in [-0.2, -0.15) is 5.10 Å². The molecule has 2 aromatic rings. The molecule has 0 amide bonds. The third-order valence-electron chi connectivity index (χ3n) is 2.90. The van der Waals surface area contributed by atoms with Gasteiger partial charge >= 0.3 is 0 Å². The van der Waals surface area contributed by atoms with Crippen LogP contribution in [0.3, 0.4) is 0 Å². The molecule has 0 saturated carbocycles. The maximum absolute atomic E-state index is 5.93. The predicted octanol–water partition coefficient (Wildman–Crippen LogP) is 4.58. The topological polar surface area (TPSA) is 42.8 Å². The van der Waals surface area contributed by atoms with Crippen LogP contribution in [0.4, 0.5) is 5.69 Å². The molecule has 0 spiro atoms. The molecule has 1 N–H and O–H groups in total. The predicted molar refractivity (Wildman–Crippen MR) is 91.4 cm³/mol. The number of rotatable bonds is 7. The van der Waals surface area contributed by atoms with Gasteiger partial charge in [0.15, 0.2) is 11.5 Å². The smallest absolute Gasteiger partial charge is 0.169 e. The van der Waals surface area contributed by atoms with Gasteiger partial charge in [-0.05, 0) is 36.8 Å². The number of nitrogens with one attached hydrogen (secondary N) is 1. The Morgan fingerprint density at radius 1 is 1.23 bits per heavy atom. The van der Waals surface area contributed by atoms with Gasteiger partial charge in [-0.25, -0.2) is 0 Å². The van der Waals surface area contributed by atoms with E-state index in [2.05, 4.69) is 17.5 Å². The first-order valence-corrected chi connectivity index (χ1v) is 7.47. The number of hydrazone groups is 1. The second-order valence-corrected chi connectivity index (χ2v) is 5.04. The van der Waals surface area contributed by atoms with Crippen molar-refractivity contribution in [3.8, 4) is 11.5 Å². The van der Waals surface area contributed by atoms with Gasteiger partial charge in [0.2, 0.25) is 0 Å². The highest BCUT2D eigenvalue weighted by Gasteiger charge is 2.08. The molecular weight excluding hydrogens is 300 g/mol. The highest BCUT2D eigenvalue weighted by Crippen LogP contribution is 2.30. The number of anilines is 1. The lowest BCUT2D eigenvalue weighted by molar-refractivity contribution is 0.294. The summed E-state index contributed by atoms with van der Waals surface area (Å²) in [5, 5.41) is 4.89. The molecule has 0 aliphatic carbocycles. The number of nitrogens with zero attached hydrogens (tertiary/aromatic N) is 1. The van der Waals surface area contributed by atoms with E-state index in [1.54, 1.807) is 19.4 Å². The summed E-state index contributed by atoms with van der Waals surface area (Å²) in [4.78, 5) is 0. The van der Waals surface area contributed by atoms with E-state index in [1.165, 1.54) is 0 Å². The summed E-state index contributed by atoms with van der Waals surface area (Å²) in [5.74, 6) is 1.39. The van der Waals surface area contributed by atoms with Crippen LogP contribution in [0, 0.1) is 0 Å². The van der Waals surface area contributed by atoms with Crippen LogP contribution in [-0.4, -0.2) is 19.9 Å². The van der Waals surface area contributed by atoms with E-state index in [0.717, 1.165) is 17.7 Å². The third kappa shape index (κ3) is 4.40. The Balaban J connectivity index is 2.15. The van der Waals surface area contributed by atoms with E-state index in [9.17, 15) is 0 Å². The van der Waals surface area contributed by atoms with Crippen molar-refractivity contribution in [1.29, 1.82) is 0 Å². The lowest BCUT2D eigenvalue weighted by atomic mass is 10.2. The molecule has 0 unspecified atom stereocenters. The summed E-state index contributed by atoms with van der Waals surface area (Å²) in [6.45, 7) is 2.69. The molecule has 0 radical (unpaired) electrons. The molecule has 0 atom stereocenters. The first kappa shape index (κ1) is 16.2. The number of para-hydroxylation sites is 1. The average Bonchev–Trinajstić information content (AvgIpc) is 2.53. The normalized spacial score (nSPS) is 10.7. The Morgan fingerprint density at radius 2 is 2.05 bits per heavy atom. The van der Waals surface area contributed by atoms with E-state index >= 15 is 0 Å². The lowest BCUT2D eigenvalue weighted by Crippen LogP contribution is -2.01. The maximum Gasteiger partial charge on any atom is 0.169 e. The van der Waals surface area contributed by atoms with Crippen molar-refractivity contribution < 1.29 is 9.47 Å². The zero-order valence-electron chi connectivity index (χ0n) is 12.7. The van der Waals surface area contributed by atoms with E-state index in [-0.39, 0.29) is 0 Å². The summed E-state index contributed by atoms with van der Waals surface area (Å²) >= 11 is 5.93. The lowest BCUT2D eigenvalue weighted by Gasteiger charge is -2.12. The molecule has 0 saturated heterocycles. The molecule has 0 bridgehead atoms. The summed E-state index contributed by atoms with van der Waals surface area (Å²) in [6, 6.07) is 13.1. The van der Waals surface area contributed by atoms with Gasteiger partial charge in [0.25, 0.3) is 0 Å². The fraction of sp³-hybridized carbons (Fsp3) is 0.235. The van der Waals surface area contributed by atoms with Crippen molar-refractivity contribution in [1.82, 2.24) is 0 Å². The summed E-state index contributed by atoms with van der Waals surface area (Å²) in [5.41, 5.74) is 4.61. The van der Waals surface area contributed by atoms with E-state index in [0.29, 0.717) is 23.1 Å². The number of methoxy groups -OCH3 is 1. The Bertz CT molecular complexity index is 644. The molecule has 0 heterocycles. The van der Waals surface area contributed by atoms with E-state index in [1.807, 2.05) is 36.4 Å². The van der Waals surface area contributed by atoms with Crippen LogP contribution in [0.1, 0.15) is 18.9 Å². The van der Waals surface area contributed by atoms with Crippen LogP contribution in [0.2, 0.25) is 5.02 Å². The Kier molecular flexibility index (Phi) is 6.10. The molecule has 22 heavy (non-hydrogen) atoms. The van der Waals surface area contributed by atoms with Crippen molar-refractivity contribution >= 4 is 23.5 Å². The number of halogens is 1. The van der Waals surface area contributed by atoms with Crippen LogP contribution >= 0.6 is 11.6 Å². The summed E-state index contributed by atoms with van der Waals surface area (Å²) in [7, 11) is 1.62. The van der Waals surface area contributed by atoms with Gasteiger partial charge in [-0.15, -0.1) is 0 Å². The van der Waals surface area contributed by atoms with Gasteiger partial charge < -0.3 is 9.47 Å². The van der Waals surface area contributed by atoms with E-state index < -0.39 is 0 Å². The molecule has 0 fully saturated rings. The largest absolute Gasteiger partial charge is 0.493 e. The van der Waals surface area contributed by atoms with Crippen molar-refractivity contribution in [2.75, 3.05) is 19.1 Å². The number of hydrogen-bond donors (Lipinski definition) is 1. The standard InChI is InChI=1S/C17H19ClN2O2/c1-3-10-22-17-13(6-4-9-16(17)21-2)12-19-20-15-8-5-7-14(18)11-15/h4-9,11-12,20H,3,10H2,1-2H3. The van der Waals surface area contributed by atoms with Crippen molar-refractivity contribution in [2.24, 2.45) is 5.10 Å². The van der Waals surface area contributed by atoms with E-state index in [4.69, 9.17) is 21.1 Å². The zero-order chi connectivity index (χ0) is 15.8. The molecule has 116 valence electrons. The highest BCUT2D eigenvalue weighted by molar-refractivity contribution is 6.30. The van der Waals surface area contributed by atoms with Crippen LogP contribution in [0.15, 0.2) is 47.6 Å². The first-order valence-electron chi connectivity index (χ1n) is 7.09. The number of ether oxygens (including phenoxy) is 2. The van der Waals surface area contributed by atoms with Crippen LogP contribution < -0.4 is 14.9 Å². The number of benzene rings is 2. The van der Waals surface area contributed by atoms with Crippen LogP contribution in [0.5, 0.6) is 11.5 Å². The molecular formula is C17H19ClN2O2. The van der Waals surface area contributed by atoms with Gasteiger partial charge in [0.05, 0.1) is 25.6 Å². The molecule has 2 aromatic carbocycles. The molecule has 0 aromatic heterocycles. The van der Waals surface area contributed by atoms with Crippen LogP contribution in [-0.2, 0) is 0 Å². The van der Waals surface area contributed by atoms with Crippen molar-refractivity contribution in [3.63, 3.8) is 0 Å². The minimum Gasteiger partial charge on any atom is -0.493 e. The molecule has 0 aliphatic heterocycles. The SMILES string of the molecule is CCCOc1c(C=NNc2cccc(Cl)c2)cccc1OC. The fourth-order valence-corrected chi connectivity index (χ4v) is 2.08. The van der Waals surface area contributed by atoms with Gasteiger partial charge in [0, 0.05) is 10.6 Å². The maximum atomic E-state index is 5.93. The van der Waals surface area contributed by atoms with Crippen LogP contribution in [0.25, 0.3) is 0 Å². The fourth-order valence-electron chi connectivity index (χ4n) is 1.89. The Morgan fingerprint density at radius 3 is 2.77 bits per heavy atom. The molecule has 5 heteroatoms. The quantitative estimate of drug-likeness (QED) is 0.600. The number of hydrogen-bond acceptors (Lipinski definition) is 4. The second kappa shape index (κ2) is 8.29.